The van der Waals surface area contributed by atoms with Gasteiger partial charge in [-0.25, -0.2) is 4.98 Å². The van der Waals surface area contributed by atoms with E-state index in [0.717, 1.165) is 50.8 Å². The molecular weight excluding hydrogens is 472 g/mol. The van der Waals surface area contributed by atoms with Crippen molar-refractivity contribution in [3.05, 3.63) is 68.2 Å². The van der Waals surface area contributed by atoms with Crippen LogP contribution in [-0.4, -0.2) is 28.5 Å². The van der Waals surface area contributed by atoms with Gasteiger partial charge >= 0.3 is 0 Å². The maximum atomic E-state index is 13.0. The third kappa shape index (κ3) is 3.30. The lowest BCUT2D eigenvalue weighted by molar-refractivity contribution is 0.0999. The van der Waals surface area contributed by atoms with E-state index in [9.17, 15) is 9.59 Å². The first kappa shape index (κ1) is 20.8. The summed E-state index contributed by atoms with van der Waals surface area (Å²) in [4.78, 5) is 32.2. The molecule has 0 saturated carbocycles. The Labute approximate surface area is 192 Å². The van der Waals surface area contributed by atoms with Crippen LogP contribution in [0.4, 0.5) is 5.69 Å². The number of nitrogens with zero attached hydrogens (tertiary/aromatic N) is 3. The van der Waals surface area contributed by atoms with Crippen LogP contribution in [0.15, 0.2) is 50.1 Å². The third-order valence-electron chi connectivity index (χ3n) is 6.30. The molecule has 2 N–H and O–H groups in total. The van der Waals surface area contributed by atoms with E-state index < -0.39 is 5.91 Å². The van der Waals surface area contributed by atoms with E-state index in [1.165, 1.54) is 4.57 Å². The Morgan fingerprint density at radius 2 is 1.97 bits per heavy atom. The highest BCUT2D eigenvalue weighted by Gasteiger charge is 2.30. The number of halogens is 1. The number of benzene rings is 2. The predicted molar refractivity (Wildman–Crippen MR) is 128 cm³/mol. The van der Waals surface area contributed by atoms with Gasteiger partial charge in [0.05, 0.1) is 11.2 Å². The number of aromatic nitrogens is 2. The minimum Gasteiger partial charge on any atom is -0.440 e. The Balaban J connectivity index is 1.52. The van der Waals surface area contributed by atoms with E-state index in [-0.39, 0.29) is 17.0 Å². The van der Waals surface area contributed by atoms with Gasteiger partial charge in [-0.3, -0.25) is 9.59 Å². The average molecular weight is 495 g/mol. The molecule has 5 rings (SSSR count). The Kier molecular flexibility index (Phi) is 5.04. The highest BCUT2D eigenvalue weighted by molar-refractivity contribution is 9.10. The van der Waals surface area contributed by atoms with Crippen LogP contribution in [0.1, 0.15) is 40.6 Å². The maximum absolute atomic E-state index is 13.0. The summed E-state index contributed by atoms with van der Waals surface area (Å²) in [6.45, 7) is 3.37. The first-order chi connectivity index (χ1) is 15.3. The lowest BCUT2D eigenvalue weighted by atomic mass is 9.95. The number of anilines is 1. The van der Waals surface area contributed by atoms with Gasteiger partial charge in [0.1, 0.15) is 11.1 Å². The van der Waals surface area contributed by atoms with Gasteiger partial charge in [-0.05, 0) is 59.5 Å². The number of oxazole rings is 1. The van der Waals surface area contributed by atoms with E-state index in [2.05, 4.69) is 20.8 Å². The first-order valence-corrected chi connectivity index (χ1v) is 11.4. The number of pyridine rings is 1. The second-order valence-electron chi connectivity index (χ2n) is 8.37. The summed E-state index contributed by atoms with van der Waals surface area (Å²) in [5.74, 6) is 0.219. The second-order valence-corrected chi connectivity index (χ2v) is 9.23. The van der Waals surface area contributed by atoms with Crippen LogP contribution >= 0.6 is 15.9 Å². The van der Waals surface area contributed by atoms with Gasteiger partial charge in [0.2, 0.25) is 0 Å². The molecule has 1 amide bonds. The van der Waals surface area contributed by atoms with Crippen LogP contribution in [0, 0.1) is 6.92 Å². The molecule has 3 heterocycles. The molecule has 1 fully saturated rings. The molecule has 2 aromatic heterocycles. The maximum Gasteiger partial charge on any atom is 0.265 e. The van der Waals surface area contributed by atoms with Gasteiger partial charge in [0, 0.05) is 35.9 Å². The predicted octanol–water partition coefficient (Wildman–Crippen LogP) is 4.23. The summed E-state index contributed by atoms with van der Waals surface area (Å²) < 4.78 is 8.30. The van der Waals surface area contributed by atoms with Crippen molar-refractivity contribution in [3.8, 4) is 0 Å². The normalized spacial score (nSPS) is 15.0. The number of hydrogen-bond acceptors (Lipinski definition) is 5. The minimum atomic E-state index is -0.709. The molecule has 7 nitrogen and oxygen atoms in total. The monoisotopic (exact) mass is 494 g/mol. The summed E-state index contributed by atoms with van der Waals surface area (Å²) in [6.07, 6.45) is 1.60. The summed E-state index contributed by atoms with van der Waals surface area (Å²) in [6, 6.07) is 11.7. The smallest absolute Gasteiger partial charge is 0.265 e. The highest BCUT2D eigenvalue weighted by Crippen LogP contribution is 2.37. The second kappa shape index (κ2) is 7.78. The molecule has 0 unspecified atom stereocenters. The number of aryl methyl sites for hydroxylation is 2. The fraction of sp³-hybridized carbons (Fsp3) is 0.292. The van der Waals surface area contributed by atoms with Crippen LogP contribution in [-0.2, 0) is 7.05 Å². The zero-order valence-corrected chi connectivity index (χ0v) is 19.5. The van der Waals surface area contributed by atoms with Crippen molar-refractivity contribution in [1.29, 1.82) is 0 Å². The standard InChI is InChI=1S/C24H23BrN4O3/c1-13-6-7-18-17(12-13)27-23(32-18)14-8-10-29(11-9-14)21-15-4-3-5-16(25)20(15)28(2)24(31)19(21)22(26)30/h3-7,12,14H,8-11H2,1-2H3,(H2,26,30). The zero-order valence-electron chi connectivity index (χ0n) is 17.9. The van der Waals surface area contributed by atoms with Crippen molar-refractivity contribution in [1.82, 2.24) is 9.55 Å². The average Bonchev–Trinajstić information content (AvgIpc) is 3.19. The van der Waals surface area contributed by atoms with Gasteiger partial charge in [-0.15, -0.1) is 0 Å². The topological polar surface area (TPSA) is 94.4 Å². The molecule has 1 saturated heterocycles. The Bertz CT molecular complexity index is 1430. The minimum absolute atomic E-state index is 0.0360. The Morgan fingerprint density at radius 3 is 2.69 bits per heavy atom. The molecule has 0 atom stereocenters. The molecule has 1 aliphatic rings. The Hall–Kier alpha value is -3.13. The lowest BCUT2D eigenvalue weighted by Crippen LogP contribution is -2.38. The number of carbonyl (C=O) groups is 1. The van der Waals surface area contributed by atoms with Crippen molar-refractivity contribution in [2.45, 2.75) is 25.7 Å². The lowest BCUT2D eigenvalue weighted by Gasteiger charge is -2.34. The van der Waals surface area contributed by atoms with Crippen LogP contribution in [0.5, 0.6) is 0 Å². The van der Waals surface area contributed by atoms with Crippen molar-refractivity contribution in [2.24, 2.45) is 12.8 Å². The van der Waals surface area contributed by atoms with E-state index in [1.54, 1.807) is 7.05 Å². The quantitative estimate of drug-likeness (QED) is 0.459. The Morgan fingerprint density at radius 1 is 1.22 bits per heavy atom. The molecule has 1 aliphatic heterocycles. The molecule has 164 valence electrons. The molecular formula is C24H23BrN4O3. The number of nitrogens with two attached hydrogens (primary N) is 1. The number of piperidine rings is 1. The number of carbonyl (C=O) groups excluding carboxylic acids is 1. The third-order valence-corrected chi connectivity index (χ3v) is 6.94. The summed E-state index contributed by atoms with van der Waals surface area (Å²) in [5.41, 5.74) is 9.51. The number of fused-ring (bicyclic) bond motifs is 2. The van der Waals surface area contributed by atoms with Crippen LogP contribution in [0.3, 0.4) is 0 Å². The van der Waals surface area contributed by atoms with Crippen molar-refractivity contribution in [2.75, 3.05) is 18.0 Å². The molecule has 0 radical (unpaired) electrons. The summed E-state index contributed by atoms with van der Waals surface area (Å²) in [5, 5.41) is 0.825. The van der Waals surface area contributed by atoms with Crippen molar-refractivity contribution in [3.63, 3.8) is 0 Å². The largest absolute Gasteiger partial charge is 0.440 e. The van der Waals surface area contributed by atoms with E-state index in [4.69, 9.17) is 15.1 Å². The zero-order chi connectivity index (χ0) is 22.6. The van der Waals surface area contributed by atoms with Crippen LogP contribution in [0.2, 0.25) is 0 Å². The van der Waals surface area contributed by atoms with Gasteiger partial charge in [0.25, 0.3) is 11.5 Å². The molecule has 32 heavy (non-hydrogen) atoms. The summed E-state index contributed by atoms with van der Waals surface area (Å²) >= 11 is 3.55. The number of para-hydroxylation sites is 1. The summed E-state index contributed by atoms with van der Waals surface area (Å²) in [7, 11) is 1.66. The van der Waals surface area contributed by atoms with E-state index in [0.29, 0.717) is 18.8 Å². The van der Waals surface area contributed by atoms with Crippen LogP contribution < -0.4 is 16.2 Å². The van der Waals surface area contributed by atoms with E-state index >= 15 is 0 Å². The highest BCUT2D eigenvalue weighted by atomic mass is 79.9. The number of rotatable bonds is 3. The van der Waals surface area contributed by atoms with Gasteiger partial charge < -0.3 is 19.6 Å². The van der Waals surface area contributed by atoms with E-state index in [1.807, 2.05) is 43.3 Å². The van der Waals surface area contributed by atoms with Gasteiger partial charge in [0.15, 0.2) is 11.5 Å². The molecule has 0 bridgehead atoms. The number of primary amides is 1. The fourth-order valence-electron chi connectivity index (χ4n) is 4.68. The number of hydrogen-bond donors (Lipinski definition) is 1. The molecule has 0 aliphatic carbocycles. The molecule has 2 aromatic carbocycles. The molecule has 8 heteroatoms. The van der Waals surface area contributed by atoms with Crippen molar-refractivity contribution >= 4 is 49.5 Å². The first-order valence-electron chi connectivity index (χ1n) is 10.6. The number of amides is 1. The van der Waals surface area contributed by atoms with Crippen LogP contribution in [0.25, 0.3) is 22.0 Å². The fourth-order valence-corrected chi connectivity index (χ4v) is 5.32. The molecule has 0 spiro atoms. The SMILES string of the molecule is Cc1ccc2oc(C3CCN(c4c(C(N)=O)c(=O)n(C)c5c(Br)cccc45)CC3)nc2c1. The van der Waals surface area contributed by atoms with Crippen molar-refractivity contribution < 1.29 is 9.21 Å². The van der Waals surface area contributed by atoms with Gasteiger partial charge in [-0.1, -0.05) is 18.2 Å². The van der Waals surface area contributed by atoms with Gasteiger partial charge in [-0.2, -0.15) is 0 Å². The molecule has 4 aromatic rings.